The standard InChI is InChI=1S/C13H26N2/c1-13(2)6-10-15(11-7-13)9-3-8-14-12-4-5-12/h12,14H,3-11H2,1-2H3. The molecule has 1 saturated carbocycles. The van der Waals surface area contributed by atoms with Crippen molar-refractivity contribution in [3.8, 4) is 0 Å². The van der Waals surface area contributed by atoms with E-state index in [0.29, 0.717) is 5.41 Å². The van der Waals surface area contributed by atoms with E-state index in [1.165, 1.54) is 58.3 Å². The summed E-state index contributed by atoms with van der Waals surface area (Å²) in [6.45, 7) is 9.96. The van der Waals surface area contributed by atoms with Crippen LogP contribution in [0.2, 0.25) is 0 Å². The molecule has 0 amide bonds. The highest BCUT2D eigenvalue weighted by Gasteiger charge is 2.25. The van der Waals surface area contributed by atoms with Crippen molar-refractivity contribution in [2.24, 2.45) is 5.41 Å². The number of hydrogen-bond acceptors (Lipinski definition) is 2. The smallest absolute Gasteiger partial charge is 0.00682 e. The van der Waals surface area contributed by atoms with Crippen molar-refractivity contribution in [3.05, 3.63) is 0 Å². The summed E-state index contributed by atoms with van der Waals surface area (Å²) in [6.07, 6.45) is 6.92. The number of likely N-dealkylation sites (tertiary alicyclic amines) is 1. The van der Waals surface area contributed by atoms with Gasteiger partial charge in [-0.15, -0.1) is 0 Å². The first kappa shape index (κ1) is 11.4. The molecule has 1 N–H and O–H groups in total. The molecule has 1 saturated heterocycles. The maximum Gasteiger partial charge on any atom is 0.00682 e. The third kappa shape index (κ3) is 4.12. The number of nitrogens with zero attached hydrogens (tertiary/aromatic N) is 1. The van der Waals surface area contributed by atoms with Crippen LogP contribution in [0.3, 0.4) is 0 Å². The maximum atomic E-state index is 3.59. The van der Waals surface area contributed by atoms with Gasteiger partial charge in [-0.25, -0.2) is 0 Å². The van der Waals surface area contributed by atoms with E-state index in [1.54, 1.807) is 0 Å². The zero-order valence-electron chi connectivity index (χ0n) is 10.4. The first-order valence-corrected chi connectivity index (χ1v) is 6.61. The van der Waals surface area contributed by atoms with Crippen molar-refractivity contribution in [1.82, 2.24) is 10.2 Å². The van der Waals surface area contributed by atoms with Gasteiger partial charge in [0.05, 0.1) is 0 Å². The summed E-state index contributed by atoms with van der Waals surface area (Å²) in [4.78, 5) is 2.64. The zero-order chi connectivity index (χ0) is 10.7. The van der Waals surface area contributed by atoms with E-state index in [2.05, 4.69) is 24.1 Å². The predicted molar refractivity (Wildman–Crippen MR) is 65.1 cm³/mol. The fourth-order valence-corrected chi connectivity index (χ4v) is 2.28. The average Bonchev–Trinajstić information content (AvgIpc) is 2.98. The summed E-state index contributed by atoms with van der Waals surface area (Å²) in [7, 11) is 0. The van der Waals surface area contributed by atoms with E-state index in [0.717, 1.165) is 6.04 Å². The lowest BCUT2D eigenvalue weighted by molar-refractivity contribution is 0.131. The van der Waals surface area contributed by atoms with Crippen LogP contribution >= 0.6 is 0 Å². The molecular weight excluding hydrogens is 184 g/mol. The van der Waals surface area contributed by atoms with Gasteiger partial charge >= 0.3 is 0 Å². The van der Waals surface area contributed by atoms with Crippen LogP contribution in [-0.2, 0) is 0 Å². The molecule has 0 aromatic carbocycles. The predicted octanol–water partition coefficient (Wildman–Crippen LogP) is 2.25. The minimum Gasteiger partial charge on any atom is -0.314 e. The van der Waals surface area contributed by atoms with Crippen molar-refractivity contribution < 1.29 is 0 Å². The van der Waals surface area contributed by atoms with Crippen molar-refractivity contribution in [2.75, 3.05) is 26.2 Å². The molecule has 2 fully saturated rings. The van der Waals surface area contributed by atoms with Crippen LogP contribution in [-0.4, -0.2) is 37.1 Å². The van der Waals surface area contributed by atoms with E-state index < -0.39 is 0 Å². The van der Waals surface area contributed by atoms with E-state index in [1.807, 2.05) is 0 Å². The van der Waals surface area contributed by atoms with Gasteiger partial charge in [-0.1, -0.05) is 13.8 Å². The fourth-order valence-electron chi connectivity index (χ4n) is 2.28. The van der Waals surface area contributed by atoms with Gasteiger partial charge in [-0.2, -0.15) is 0 Å². The van der Waals surface area contributed by atoms with E-state index in [4.69, 9.17) is 0 Å². The number of nitrogens with one attached hydrogen (secondary N) is 1. The third-order valence-electron chi connectivity index (χ3n) is 3.87. The summed E-state index contributed by atoms with van der Waals surface area (Å²) < 4.78 is 0. The zero-order valence-corrected chi connectivity index (χ0v) is 10.4. The molecule has 0 bridgehead atoms. The van der Waals surface area contributed by atoms with Crippen LogP contribution in [0.15, 0.2) is 0 Å². The topological polar surface area (TPSA) is 15.3 Å². The highest BCUT2D eigenvalue weighted by Crippen LogP contribution is 2.29. The Bertz CT molecular complexity index is 187. The summed E-state index contributed by atoms with van der Waals surface area (Å²) >= 11 is 0. The SMILES string of the molecule is CC1(C)CCN(CCCNC2CC2)CC1. The molecule has 0 spiro atoms. The van der Waals surface area contributed by atoms with Crippen LogP contribution in [0.25, 0.3) is 0 Å². The minimum atomic E-state index is 0.600. The average molecular weight is 210 g/mol. The molecule has 15 heavy (non-hydrogen) atoms. The highest BCUT2D eigenvalue weighted by atomic mass is 15.1. The molecule has 1 aliphatic heterocycles. The maximum absolute atomic E-state index is 3.59. The molecule has 0 unspecified atom stereocenters. The molecule has 1 heterocycles. The first-order valence-electron chi connectivity index (χ1n) is 6.61. The second-order valence-corrected chi connectivity index (χ2v) is 6.09. The molecular formula is C13H26N2. The van der Waals surface area contributed by atoms with Crippen LogP contribution in [0.4, 0.5) is 0 Å². The molecule has 0 aromatic heterocycles. The van der Waals surface area contributed by atoms with Crippen LogP contribution in [0.1, 0.15) is 46.0 Å². The summed E-state index contributed by atoms with van der Waals surface area (Å²) in [5.41, 5.74) is 0.600. The summed E-state index contributed by atoms with van der Waals surface area (Å²) in [5, 5.41) is 3.59. The van der Waals surface area contributed by atoms with Gasteiger partial charge < -0.3 is 10.2 Å². The lowest BCUT2D eigenvalue weighted by Gasteiger charge is -2.36. The van der Waals surface area contributed by atoms with Crippen molar-refractivity contribution in [3.63, 3.8) is 0 Å². The van der Waals surface area contributed by atoms with E-state index in [-0.39, 0.29) is 0 Å². The first-order chi connectivity index (χ1) is 7.16. The van der Waals surface area contributed by atoms with E-state index in [9.17, 15) is 0 Å². The number of piperidine rings is 1. The van der Waals surface area contributed by atoms with Crippen LogP contribution in [0.5, 0.6) is 0 Å². The fraction of sp³-hybridized carbons (Fsp3) is 1.00. The Kier molecular flexibility index (Phi) is 3.68. The second kappa shape index (κ2) is 4.84. The quantitative estimate of drug-likeness (QED) is 0.700. The van der Waals surface area contributed by atoms with Crippen molar-refractivity contribution >= 4 is 0 Å². The molecule has 2 rings (SSSR count). The molecule has 0 atom stereocenters. The Labute approximate surface area is 94.4 Å². The van der Waals surface area contributed by atoms with Gasteiger partial charge in [0.1, 0.15) is 0 Å². The van der Waals surface area contributed by atoms with Gasteiger partial charge in [0, 0.05) is 6.04 Å². The van der Waals surface area contributed by atoms with Crippen molar-refractivity contribution in [2.45, 2.75) is 52.0 Å². The minimum absolute atomic E-state index is 0.600. The summed E-state index contributed by atoms with van der Waals surface area (Å²) in [6, 6.07) is 0.880. The monoisotopic (exact) mass is 210 g/mol. The number of rotatable bonds is 5. The van der Waals surface area contributed by atoms with Crippen molar-refractivity contribution in [1.29, 1.82) is 0 Å². The van der Waals surface area contributed by atoms with Gasteiger partial charge in [-0.05, 0) is 63.7 Å². The molecule has 0 aromatic rings. The molecule has 2 heteroatoms. The Morgan fingerprint density at radius 3 is 2.47 bits per heavy atom. The third-order valence-corrected chi connectivity index (χ3v) is 3.87. The van der Waals surface area contributed by atoms with Crippen LogP contribution < -0.4 is 5.32 Å². The highest BCUT2D eigenvalue weighted by molar-refractivity contribution is 4.81. The summed E-state index contributed by atoms with van der Waals surface area (Å²) in [5.74, 6) is 0. The molecule has 88 valence electrons. The molecule has 2 nitrogen and oxygen atoms in total. The van der Waals surface area contributed by atoms with Gasteiger partial charge in [-0.3, -0.25) is 0 Å². The van der Waals surface area contributed by atoms with Gasteiger partial charge in [0.25, 0.3) is 0 Å². The Hall–Kier alpha value is -0.0800. The van der Waals surface area contributed by atoms with Gasteiger partial charge in [0.2, 0.25) is 0 Å². The van der Waals surface area contributed by atoms with Crippen LogP contribution in [0, 0.1) is 5.41 Å². The lowest BCUT2D eigenvalue weighted by Crippen LogP contribution is -2.38. The van der Waals surface area contributed by atoms with E-state index >= 15 is 0 Å². The Morgan fingerprint density at radius 1 is 1.20 bits per heavy atom. The Balaban J connectivity index is 1.52. The number of hydrogen-bond donors (Lipinski definition) is 1. The Morgan fingerprint density at radius 2 is 1.87 bits per heavy atom. The lowest BCUT2D eigenvalue weighted by atomic mass is 9.83. The molecule has 1 aliphatic carbocycles. The molecule has 2 aliphatic rings. The normalized spacial score (nSPS) is 26.8. The largest absolute Gasteiger partial charge is 0.314 e. The second-order valence-electron chi connectivity index (χ2n) is 6.09. The molecule has 0 radical (unpaired) electrons. The van der Waals surface area contributed by atoms with Gasteiger partial charge in [0.15, 0.2) is 0 Å².